The van der Waals surface area contributed by atoms with E-state index in [0.29, 0.717) is 5.69 Å². The molecule has 98 valence electrons. The van der Waals surface area contributed by atoms with E-state index in [1.54, 1.807) is 20.8 Å². The first kappa shape index (κ1) is 13.9. The van der Waals surface area contributed by atoms with Gasteiger partial charge in [-0.25, -0.2) is 15.6 Å². The third kappa shape index (κ3) is 3.70. The highest BCUT2D eigenvalue weighted by Gasteiger charge is 2.21. The van der Waals surface area contributed by atoms with Gasteiger partial charge in [-0.2, -0.15) is 0 Å². The number of non-ortho nitro benzene ring substituents is 1. The zero-order chi connectivity index (χ0) is 13.9. The summed E-state index contributed by atoms with van der Waals surface area (Å²) >= 11 is 0. The molecule has 2 N–H and O–H groups in total. The molecule has 0 aromatic heterocycles. The maximum absolute atomic E-state index is 11.6. The monoisotopic (exact) mass is 253 g/mol. The lowest BCUT2D eigenvalue weighted by Crippen LogP contribution is -2.41. The van der Waals surface area contributed by atoms with Gasteiger partial charge in [0.1, 0.15) is 5.60 Å². The number of nitrogens with two attached hydrogens (primary N) is 1. The average Bonchev–Trinajstić information content (AvgIpc) is 2.26. The van der Waals surface area contributed by atoms with E-state index in [2.05, 4.69) is 0 Å². The van der Waals surface area contributed by atoms with Crippen LogP contribution >= 0.6 is 0 Å². The largest absolute Gasteiger partial charge is 0.442 e. The van der Waals surface area contributed by atoms with Crippen molar-refractivity contribution in [1.82, 2.24) is 0 Å². The summed E-state index contributed by atoms with van der Waals surface area (Å²) in [6.45, 7) is 5.15. The Morgan fingerprint density at radius 2 is 1.83 bits per heavy atom. The summed E-state index contributed by atoms with van der Waals surface area (Å²) in [6.07, 6.45) is -0.726. The Morgan fingerprint density at radius 1 is 1.33 bits per heavy atom. The van der Waals surface area contributed by atoms with Crippen molar-refractivity contribution in [2.75, 3.05) is 5.01 Å². The first-order chi connectivity index (χ1) is 8.20. The van der Waals surface area contributed by atoms with Gasteiger partial charge in [-0.3, -0.25) is 10.1 Å². The molecule has 0 atom stereocenters. The van der Waals surface area contributed by atoms with E-state index >= 15 is 0 Å². The number of benzene rings is 1. The number of carbonyl (C=O) groups is 1. The quantitative estimate of drug-likeness (QED) is 0.377. The van der Waals surface area contributed by atoms with Gasteiger partial charge >= 0.3 is 6.09 Å². The third-order valence-corrected chi connectivity index (χ3v) is 1.93. The number of rotatable bonds is 2. The van der Waals surface area contributed by atoms with Crippen molar-refractivity contribution in [3.8, 4) is 0 Å². The fourth-order valence-corrected chi connectivity index (χ4v) is 1.15. The SMILES string of the molecule is CC(C)(C)OC(=O)N(N)c1ccc([N+](=O)[O-])cc1. The summed E-state index contributed by atoms with van der Waals surface area (Å²) in [5.74, 6) is 5.56. The molecule has 0 aliphatic carbocycles. The molecule has 0 aliphatic rings. The van der Waals surface area contributed by atoms with Gasteiger partial charge in [-0.15, -0.1) is 0 Å². The number of amides is 1. The number of nitro groups is 1. The highest BCUT2D eigenvalue weighted by molar-refractivity contribution is 5.86. The Kier molecular flexibility index (Phi) is 3.87. The maximum atomic E-state index is 11.6. The number of ether oxygens (including phenoxy) is 1. The minimum Gasteiger partial charge on any atom is -0.442 e. The van der Waals surface area contributed by atoms with Crippen molar-refractivity contribution in [3.63, 3.8) is 0 Å². The van der Waals surface area contributed by atoms with Gasteiger partial charge < -0.3 is 4.74 Å². The summed E-state index contributed by atoms with van der Waals surface area (Å²) in [6, 6.07) is 5.28. The van der Waals surface area contributed by atoms with Crippen molar-refractivity contribution in [2.24, 2.45) is 5.84 Å². The second kappa shape index (κ2) is 5.01. The lowest BCUT2D eigenvalue weighted by molar-refractivity contribution is -0.384. The number of anilines is 1. The van der Waals surface area contributed by atoms with Gasteiger partial charge in [-0.1, -0.05) is 0 Å². The molecule has 1 aromatic rings. The average molecular weight is 253 g/mol. The van der Waals surface area contributed by atoms with Crippen LogP contribution in [0.25, 0.3) is 0 Å². The van der Waals surface area contributed by atoms with Crippen molar-refractivity contribution in [2.45, 2.75) is 26.4 Å². The highest BCUT2D eigenvalue weighted by atomic mass is 16.6. The maximum Gasteiger partial charge on any atom is 0.429 e. The molecule has 0 radical (unpaired) electrons. The van der Waals surface area contributed by atoms with E-state index in [9.17, 15) is 14.9 Å². The topological polar surface area (TPSA) is 98.7 Å². The molecule has 0 aliphatic heterocycles. The second-order valence-electron chi connectivity index (χ2n) is 4.62. The fourth-order valence-electron chi connectivity index (χ4n) is 1.15. The van der Waals surface area contributed by atoms with Crippen LogP contribution in [0.5, 0.6) is 0 Å². The zero-order valence-electron chi connectivity index (χ0n) is 10.4. The molecule has 7 nitrogen and oxygen atoms in total. The van der Waals surface area contributed by atoms with E-state index < -0.39 is 16.6 Å². The predicted octanol–water partition coefficient (Wildman–Crippen LogP) is 2.21. The molecule has 1 amide bonds. The van der Waals surface area contributed by atoms with E-state index in [1.165, 1.54) is 24.3 Å². The summed E-state index contributed by atoms with van der Waals surface area (Å²) in [5.41, 5.74) is -0.415. The standard InChI is InChI=1S/C11H15N3O4/c1-11(2,3)18-10(15)13(12)8-4-6-9(7-5-8)14(16)17/h4-7H,12H2,1-3H3. The number of hydrazine groups is 1. The normalized spacial score (nSPS) is 10.9. The van der Waals surface area contributed by atoms with E-state index in [1.807, 2.05) is 0 Å². The Morgan fingerprint density at radius 3 is 2.22 bits per heavy atom. The van der Waals surface area contributed by atoms with E-state index in [-0.39, 0.29) is 5.69 Å². The van der Waals surface area contributed by atoms with Gasteiger partial charge in [0, 0.05) is 12.1 Å². The number of nitrogens with zero attached hydrogens (tertiary/aromatic N) is 2. The Labute approximate surface area is 104 Å². The van der Waals surface area contributed by atoms with Crippen LogP contribution in [0, 0.1) is 10.1 Å². The van der Waals surface area contributed by atoms with Crippen LogP contribution in [0.4, 0.5) is 16.2 Å². The zero-order valence-corrected chi connectivity index (χ0v) is 10.4. The van der Waals surface area contributed by atoms with Crippen LogP contribution in [0.1, 0.15) is 20.8 Å². The first-order valence-corrected chi connectivity index (χ1v) is 5.23. The molecule has 1 aromatic carbocycles. The van der Waals surface area contributed by atoms with Gasteiger partial charge in [0.15, 0.2) is 0 Å². The molecule has 0 heterocycles. The molecular weight excluding hydrogens is 238 g/mol. The molecule has 0 unspecified atom stereocenters. The second-order valence-corrected chi connectivity index (χ2v) is 4.62. The van der Waals surface area contributed by atoms with E-state index in [0.717, 1.165) is 5.01 Å². The number of hydrogen-bond acceptors (Lipinski definition) is 5. The Bertz CT molecular complexity index is 450. The van der Waals surface area contributed by atoms with Crippen LogP contribution in [0.15, 0.2) is 24.3 Å². The van der Waals surface area contributed by atoms with Crippen molar-refractivity contribution < 1.29 is 14.5 Å². The molecule has 0 spiro atoms. The van der Waals surface area contributed by atoms with Crippen molar-refractivity contribution in [3.05, 3.63) is 34.4 Å². The third-order valence-electron chi connectivity index (χ3n) is 1.93. The Hall–Kier alpha value is -2.15. The number of hydrogen-bond donors (Lipinski definition) is 1. The molecular formula is C11H15N3O4. The number of carbonyl (C=O) groups excluding carboxylic acids is 1. The highest BCUT2D eigenvalue weighted by Crippen LogP contribution is 2.19. The smallest absolute Gasteiger partial charge is 0.429 e. The molecule has 0 saturated carbocycles. The number of nitro benzene ring substituents is 1. The Balaban J connectivity index is 2.81. The van der Waals surface area contributed by atoms with Crippen molar-refractivity contribution >= 4 is 17.5 Å². The molecule has 7 heteroatoms. The molecule has 0 bridgehead atoms. The van der Waals surface area contributed by atoms with Gasteiger partial charge in [0.05, 0.1) is 10.6 Å². The summed E-state index contributed by atoms with van der Waals surface area (Å²) in [4.78, 5) is 21.6. The first-order valence-electron chi connectivity index (χ1n) is 5.23. The molecule has 1 rings (SSSR count). The lowest BCUT2D eigenvalue weighted by atomic mass is 10.2. The van der Waals surface area contributed by atoms with Crippen LogP contribution in [-0.2, 0) is 4.74 Å². The van der Waals surface area contributed by atoms with Crippen LogP contribution in [-0.4, -0.2) is 16.6 Å². The predicted molar refractivity (Wildman–Crippen MR) is 66.0 cm³/mol. The van der Waals surface area contributed by atoms with Crippen LogP contribution in [0.3, 0.4) is 0 Å². The van der Waals surface area contributed by atoms with Gasteiger partial charge in [0.2, 0.25) is 0 Å². The van der Waals surface area contributed by atoms with Crippen molar-refractivity contribution in [1.29, 1.82) is 0 Å². The molecule has 0 fully saturated rings. The summed E-state index contributed by atoms with van der Waals surface area (Å²) in [7, 11) is 0. The van der Waals surface area contributed by atoms with E-state index in [4.69, 9.17) is 10.6 Å². The van der Waals surface area contributed by atoms with Crippen LogP contribution < -0.4 is 10.9 Å². The minimum absolute atomic E-state index is 0.0728. The van der Waals surface area contributed by atoms with Crippen LogP contribution in [0.2, 0.25) is 0 Å². The summed E-state index contributed by atoms with van der Waals surface area (Å²) < 4.78 is 5.06. The lowest BCUT2D eigenvalue weighted by Gasteiger charge is -2.24. The molecule has 18 heavy (non-hydrogen) atoms. The summed E-state index contributed by atoms with van der Waals surface area (Å²) in [5, 5.41) is 11.3. The van der Waals surface area contributed by atoms with Gasteiger partial charge in [0.25, 0.3) is 5.69 Å². The fraction of sp³-hybridized carbons (Fsp3) is 0.364. The van der Waals surface area contributed by atoms with Gasteiger partial charge in [-0.05, 0) is 32.9 Å². The molecule has 0 saturated heterocycles. The minimum atomic E-state index is -0.726.